The number of rotatable bonds is 2. The van der Waals surface area contributed by atoms with Crippen LogP contribution in [0.15, 0.2) is 48.5 Å². The smallest absolute Gasteiger partial charge is 0.140 e. The summed E-state index contributed by atoms with van der Waals surface area (Å²) in [7, 11) is 0. The maximum absolute atomic E-state index is 9.61. The minimum atomic E-state index is 0.230. The zero-order valence-corrected chi connectivity index (χ0v) is 8.51. The second-order valence-electron chi connectivity index (χ2n) is 3.59. The fourth-order valence-electron chi connectivity index (χ4n) is 1.67. The predicted molar refractivity (Wildman–Crippen MR) is 63.4 cm³/mol. The van der Waals surface area contributed by atoms with Crippen LogP contribution >= 0.6 is 0 Å². The van der Waals surface area contributed by atoms with Gasteiger partial charge in [-0.05, 0) is 24.3 Å². The molecule has 0 aliphatic carbocycles. The molecule has 0 fully saturated rings. The first-order chi connectivity index (χ1) is 7.84. The van der Waals surface area contributed by atoms with Gasteiger partial charge in [0.25, 0.3) is 0 Å². The quantitative estimate of drug-likeness (QED) is 0.573. The topological polar surface area (TPSA) is 53.0 Å². The molecule has 0 unspecified atom stereocenters. The van der Waals surface area contributed by atoms with E-state index in [9.17, 15) is 5.11 Å². The molecule has 16 heavy (non-hydrogen) atoms. The number of aromatic amines is 1. The third kappa shape index (κ3) is 1.32. The van der Waals surface area contributed by atoms with E-state index in [1.54, 1.807) is 16.9 Å². The fraction of sp³-hybridized carbons (Fsp3) is 0. The second kappa shape index (κ2) is 3.34. The lowest BCUT2D eigenvalue weighted by molar-refractivity contribution is 0.476. The Morgan fingerprint density at radius 3 is 2.56 bits per heavy atom. The van der Waals surface area contributed by atoms with Crippen LogP contribution in [0.5, 0.6) is 5.75 Å². The maximum Gasteiger partial charge on any atom is 0.140 e. The van der Waals surface area contributed by atoms with Crippen molar-refractivity contribution >= 4 is 16.7 Å². The molecular formula is C12H11N3O. The lowest BCUT2D eigenvalue weighted by Gasteiger charge is -2.18. The van der Waals surface area contributed by atoms with Crippen molar-refractivity contribution in [3.8, 4) is 5.75 Å². The Kier molecular flexibility index (Phi) is 1.86. The van der Waals surface area contributed by atoms with Crippen LogP contribution in [0.2, 0.25) is 0 Å². The molecule has 0 aliphatic heterocycles. The molecule has 0 saturated heterocycles. The largest absolute Gasteiger partial charge is 0.506 e. The highest BCUT2D eigenvalue weighted by atomic mass is 16.3. The van der Waals surface area contributed by atoms with Gasteiger partial charge < -0.3 is 5.11 Å². The van der Waals surface area contributed by atoms with Crippen LogP contribution in [0.4, 0.5) is 5.69 Å². The number of nitrogens with zero attached hydrogens (tertiary/aromatic N) is 1. The van der Waals surface area contributed by atoms with Gasteiger partial charge in [-0.2, -0.15) is 4.79 Å². The summed E-state index contributed by atoms with van der Waals surface area (Å²) in [6, 6.07) is 15.1. The molecule has 0 aliphatic rings. The molecule has 4 nitrogen and oxygen atoms in total. The van der Waals surface area contributed by atoms with Gasteiger partial charge in [0, 0.05) is 0 Å². The molecule has 2 aromatic carbocycles. The number of hydrogen-bond donors (Lipinski definition) is 3. The minimum Gasteiger partial charge on any atom is -0.506 e. The summed E-state index contributed by atoms with van der Waals surface area (Å²) in [6.07, 6.45) is 0. The zero-order chi connectivity index (χ0) is 11.0. The van der Waals surface area contributed by atoms with Crippen molar-refractivity contribution in [2.45, 2.75) is 0 Å². The molecule has 3 N–H and O–H groups in total. The number of aromatic hydroxyl groups is 1. The van der Waals surface area contributed by atoms with E-state index in [4.69, 9.17) is 0 Å². The van der Waals surface area contributed by atoms with Crippen LogP contribution in [-0.4, -0.2) is 15.0 Å². The zero-order valence-electron chi connectivity index (χ0n) is 8.51. The van der Waals surface area contributed by atoms with Crippen LogP contribution in [0.1, 0.15) is 0 Å². The average Bonchev–Trinajstić information content (AvgIpc) is 2.28. The van der Waals surface area contributed by atoms with Gasteiger partial charge in [0.2, 0.25) is 0 Å². The van der Waals surface area contributed by atoms with Crippen molar-refractivity contribution < 1.29 is 5.11 Å². The molecular weight excluding hydrogens is 202 g/mol. The van der Waals surface area contributed by atoms with Crippen LogP contribution in [0.25, 0.3) is 11.0 Å². The van der Waals surface area contributed by atoms with Crippen LogP contribution in [-0.2, 0) is 0 Å². The van der Waals surface area contributed by atoms with Crippen molar-refractivity contribution in [2.24, 2.45) is 0 Å². The predicted octanol–water partition coefficient (Wildman–Crippen LogP) is 2.55. The average molecular weight is 213 g/mol. The number of fused-ring (bicyclic) bond motifs is 1. The monoisotopic (exact) mass is 213 g/mol. The summed E-state index contributed by atoms with van der Waals surface area (Å²) in [6.45, 7) is 0. The number of anilines is 1. The Balaban J connectivity index is 1.95. The number of benzene rings is 2. The SMILES string of the molecule is Oc1ccccc1Nn1[nH]c2ccccc21. The van der Waals surface area contributed by atoms with E-state index in [1.807, 2.05) is 36.4 Å². The van der Waals surface area contributed by atoms with Crippen molar-refractivity contribution in [1.82, 2.24) is 9.89 Å². The Bertz CT molecular complexity index is 624. The highest BCUT2D eigenvalue weighted by Crippen LogP contribution is 2.23. The van der Waals surface area contributed by atoms with E-state index < -0.39 is 0 Å². The summed E-state index contributed by atoms with van der Waals surface area (Å²) in [5.41, 5.74) is 5.88. The molecule has 80 valence electrons. The van der Waals surface area contributed by atoms with Crippen LogP contribution in [0, 0.1) is 0 Å². The molecule has 3 rings (SSSR count). The molecule has 0 spiro atoms. The van der Waals surface area contributed by atoms with Gasteiger partial charge in [-0.1, -0.05) is 24.3 Å². The van der Waals surface area contributed by atoms with Gasteiger partial charge in [-0.25, -0.2) is 0 Å². The standard InChI is InChI=1S/C12H11N3O/c16-12-8-4-2-6-10(12)14-15-11-7-3-1-5-9(11)13-15/h1-8,13-14,16H. The minimum absolute atomic E-state index is 0.230. The Labute approximate surface area is 92.1 Å². The summed E-state index contributed by atoms with van der Waals surface area (Å²) in [5.74, 6) is 0.230. The van der Waals surface area contributed by atoms with Crippen molar-refractivity contribution in [1.29, 1.82) is 0 Å². The van der Waals surface area contributed by atoms with E-state index in [2.05, 4.69) is 10.5 Å². The molecule has 0 radical (unpaired) electrons. The van der Waals surface area contributed by atoms with Gasteiger partial charge in [-0.15, -0.1) is 0 Å². The van der Waals surface area contributed by atoms with Crippen LogP contribution < -0.4 is 5.43 Å². The van der Waals surface area contributed by atoms with Gasteiger partial charge in [0.05, 0.1) is 11.2 Å². The third-order valence-electron chi connectivity index (χ3n) is 2.51. The third-order valence-corrected chi connectivity index (χ3v) is 2.51. The van der Waals surface area contributed by atoms with E-state index in [-0.39, 0.29) is 5.75 Å². The fourth-order valence-corrected chi connectivity index (χ4v) is 1.67. The normalized spacial score (nSPS) is 10.8. The van der Waals surface area contributed by atoms with Gasteiger partial charge in [0.15, 0.2) is 0 Å². The first-order valence-corrected chi connectivity index (χ1v) is 5.05. The number of hydrogen-bond acceptors (Lipinski definition) is 2. The van der Waals surface area contributed by atoms with Crippen molar-refractivity contribution in [2.75, 3.05) is 5.43 Å². The number of phenols is 1. The molecule has 0 saturated carbocycles. The molecule has 1 aromatic heterocycles. The summed E-state index contributed by atoms with van der Waals surface area (Å²) in [5, 5.41) is 12.7. The molecule has 0 amide bonds. The number of H-pyrrole nitrogens is 1. The van der Waals surface area contributed by atoms with E-state index >= 15 is 0 Å². The van der Waals surface area contributed by atoms with E-state index in [0.29, 0.717) is 5.69 Å². The lowest BCUT2D eigenvalue weighted by Crippen LogP contribution is -2.18. The van der Waals surface area contributed by atoms with Gasteiger partial charge in [-0.3, -0.25) is 10.5 Å². The molecule has 0 bridgehead atoms. The number of aromatic nitrogens is 2. The molecule has 0 atom stereocenters. The highest BCUT2D eigenvalue weighted by molar-refractivity contribution is 5.78. The first-order valence-electron chi connectivity index (χ1n) is 5.05. The van der Waals surface area contributed by atoms with Crippen molar-refractivity contribution in [3.63, 3.8) is 0 Å². The van der Waals surface area contributed by atoms with Gasteiger partial charge >= 0.3 is 0 Å². The van der Waals surface area contributed by atoms with Crippen molar-refractivity contribution in [3.05, 3.63) is 48.5 Å². The summed E-state index contributed by atoms with van der Waals surface area (Å²) in [4.78, 5) is 1.77. The number of para-hydroxylation sites is 4. The van der Waals surface area contributed by atoms with Crippen LogP contribution in [0.3, 0.4) is 0 Å². The molecule has 4 heteroatoms. The highest BCUT2D eigenvalue weighted by Gasteiger charge is 2.05. The summed E-state index contributed by atoms with van der Waals surface area (Å²) < 4.78 is 0. The number of nitrogens with one attached hydrogen (secondary N) is 2. The number of phenolic OH excluding ortho intramolecular Hbond substituents is 1. The maximum atomic E-state index is 9.61. The summed E-state index contributed by atoms with van der Waals surface area (Å²) >= 11 is 0. The molecule has 1 heterocycles. The van der Waals surface area contributed by atoms with E-state index in [0.717, 1.165) is 11.0 Å². The van der Waals surface area contributed by atoms with E-state index in [1.165, 1.54) is 0 Å². The Morgan fingerprint density at radius 2 is 1.75 bits per heavy atom. The molecule has 3 aromatic rings. The Hall–Kier alpha value is -2.36. The second-order valence-corrected chi connectivity index (χ2v) is 3.59. The lowest BCUT2D eigenvalue weighted by atomic mass is 10.3. The first kappa shape index (κ1) is 8.91. The van der Waals surface area contributed by atoms with Gasteiger partial charge in [0.1, 0.15) is 11.3 Å². The Morgan fingerprint density at radius 1 is 1.00 bits per heavy atom.